The Hall–Kier alpha value is -1.82. The Morgan fingerprint density at radius 2 is 2.00 bits per heavy atom. The van der Waals surface area contributed by atoms with Crippen LogP contribution in [0.15, 0.2) is 18.2 Å². The highest BCUT2D eigenvalue weighted by Crippen LogP contribution is 2.22. The minimum absolute atomic E-state index is 0.0339. The van der Waals surface area contributed by atoms with Gasteiger partial charge in [-0.2, -0.15) is 0 Å². The number of rotatable bonds is 4. The van der Waals surface area contributed by atoms with Gasteiger partial charge < -0.3 is 15.7 Å². The quantitative estimate of drug-likeness (QED) is 0.797. The van der Waals surface area contributed by atoms with Gasteiger partial charge in [0.1, 0.15) is 11.9 Å². The summed E-state index contributed by atoms with van der Waals surface area (Å²) in [6.07, 6.45) is 0. The van der Waals surface area contributed by atoms with E-state index in [-0.39, 0.29) is 16.6 Å². The molecule has 0 aliphatic heterocycles. The molecule has 0 saturated heterocycles. The smallest absolute Gasteiger partial charge is 0.326 e. The summed E-state index contributed by atoms with van der Waals surface area (Å²) in [7, 11) is 0. The van der Waals surface area contributed by atoms with Gasteiger partial charge in [0, 0.05) is 0 Å². The van der Waals surface area contributed by atoms with Crippen LogP contribution < -0.4 is 10.6 Å². The van der Waals surface area contributed by atoms with Crippen molar-refractivity contribution in [1.82, 2.24) is 5.32 Å². The predicted octanol–water partition coefficient (Wildman–Crippen LogP) is 2.71. The number of carbonyl (C=O) groups excluding carboxylic acids is 1. The van der Waals surface area contributed by atoms with Crippen LogP contribution >= 0.6 is 11.6 Å². The summed E-state index contributed by atoms with van der Waals surface area (Å²) in [5.41, 5.74) is 0.202. The second-order valence-electron chi connectivity index (χ2n) is 4.28. The van der Waals surface area contributed by atoms with E-state index in [1.165, 1.54) is 6.07 Å². The van der Waals surface area contributed by atoms with Gasteiger partial charge in [-0.25, -0.2) is 14.0 Å². The third kappa shape index (κ3) is 4.40. The summed E-state index contributed by atoms with van der Waals surface area (Å²) in [6.45, 7) is 3.34. The van der Waals surface area contributed by atoms with Crippen molar-refractivity contribution in [1.29, 1.82) is 0 Å². The largest absolute Gasteiger partial charge is 0.480 e. The maximum absolute atomic E-state index is 12.8. The van der Waals surface area contributed by atoms with Crippen LogP contribution in [0.3, 0.4) is 0 Å². The fraction of sp³-hybridized carbons (Fsp3) is 0.333. The molecule has 19 heavy (non-hydrogen) atoms. The fourth-order valence-corrected chi connectivity index (χ4v) is 1.62. The normalized spacial score (nSPS) is 12.1. The molecule has 0 heterocycles. The van der Waals surface area contributed by atoms with E-state index >= 15 is 0 Å². The van der Waals surface area contributed by atoms with Gasteiger partial charge in [-0.15, -0.1) is 0 Å². The number of hydrogen-bond acceptors (Lipinski definition) is 2. The highest BCUT2D eigenvalue weighted by atomic mass is 35.5. The molecule has 1 aromatic rings. The van der Waals surface area contributed by atoms with Crippen molar-refractivity contribution in [2.75, 3.05) is 5.32 Å². The Balaban J connectivity index is 2.72. The van der Waals surface area contributed by atoms with Crippen molar-refractivity contribution >= 4 is 29.3 Å². The number of hydrogen-bond donors (Lipinski definition) is 3. The van der Waals surface area contributed by atoms with Crippen LogP contribution in [0, 0.1) is 11.7 Å². The van der Waals surface area contributed by atoms with Crippen LogP contribution in [-0.2, 0) is 4.79 Å². The number of anilines is 1. The Kier molecular flexibility index (Phi) is 5.11. The predicted molar refractivity (Wildman–Crippen MR) is 69.8 cm³/mol. The molecule has 0 fully saturated rings. The lowest BCUT2D eigenvalue weighted by Crippen LogP contribution is -2.46. The number of aliphatic carboxylic acids is 1. The summed E-state index contributed by atoms with van der Waals surface area (Å²) in [6, 6.07) is 1.75. The van der Waals surface area contributed by atoms with Crippen LogP contribution in [0.1, 0.15) is 13.8 Å². The first-order chi connectivity index (χ1) is 8.81. The minimum Gasteiger partial charge on any atom is -0.480 e. The molecule has 0 bridgehead atoms. The number of urea groups is 1. The van der Waals surface area contributed by atoms with E-state index < -0.39 is 23.9 Å². The number of halogens is 2. The van der Waals surface area contributed by atoms with Crippen molar-refractivity contribution in [2.45, 2.75) is 19.9 Å². The average Bonchev–Trinajstić information content (AvgIpc) is 2.29. The zero-order chi connectivity index (χ0) is 14.6. The third-order valence-electron chi connectivity index (χ3n) is 2.40. The topological polar surface area (TPSA) is 78.4 Å². The van der Waals surface area contributed by atoms with E-state index in [0.29, 0.717) is 0 Å². The SMILES string of the molecule is CC(C)[C@H](NC(=O)Nc1ccc(F)cc1Cl)C(=O)O. The maximum Gasteiger partial charge on any atom is 0.326 e. The van der Waals surface area contributed by atoms with Crippen LogP contribution in [0.2, 0.25) is 5.02 Å². The lowest BCUT2D eigenvalue weighted by atomic mass is 10.1. The molecule has 2 amide bonds. The van der Waals surface area contributed by atoms with Gasteiger partial charge >= 0.3 is 12.0 Å². The number of carboxylic acids is 1. The Labute approximate surface area is 114 Å². The summed E-state index contributed by atoms with van der Waals surface area (Å²) in [5.74, 6) is -1.93. The summed E-state index contributed by atoms with van der Waals surface area (Å²) in [4.78, 5) is 22.6. The Bertz CT molecular complexity index is 494. The van der Waals surface area contributed by atoms with Gasteiger partial charge in [0.25, 0.3) is 0 Å². The molecule has 0 aromatic heterocycles. The van der Waals surface area contributed by atoms with E-state index in [4.69, 9.17) is 16.7 Å². The zero-order valence-electron chi connectivity index (χ0n) is 10.4. The summed E-state index contributed by atoms with van der Waals surface area (Å²) >= 11 is 5.74. The Morgan fingerprint density at radius 1 is 1.37 bits per heavy atom. The molecule has 0 aliphatic rings. The van der Waals surface area contributed by atoms with Crippen molar-refractivity contribution in [2.24, 2.45) is 5.92 Å². The van der Waals surface area contributed by atoms with Crippen LogP contribution in [-0.4, -0.2) is 23.1 Å². The van der Waals surface area contributed by atoms with Crippen molar-refractivity contribution in [3.05, 3.63) is 29.0 Å². The number of carbonyl (C=O) groups is 2. The highest BCUT2D eigenvalue weighted by Gasteiger charge is 2.23. The second-order valence-corrected chi connectivity index (χ2v) is 4.69. The molecule has 1 aromatic carbocycles. The zero-order valence-corrected chi connectivity index (χ0v) is 11.2. The summed E-state index contributed by atoms with van der Waals surface area (Å²) < 4.78 is 12.8. The van der Waals surface area contributed by atoms with Crippen molar-refractivity contribution < 1.29 is 19.1 Å². The molecule has 3 N–H and O–H groups in total. The number of nitrogens with one attached hydrogen (secondary N) is 2. The van der Waals surface area contributed by atoms with Crippen LogP contribution in [0.4, 0.5) is 14.9 Å². The molecular weight excluding hydrogens is 275 g/mol. The van der Waals surface area contributed by atoms with E-state index in [2.05, 4.69) is 10.6 Å². The van der Waals surface area contributed by atoms with Gasteiger partial charge in [-0.3, -0.25) is 0 Å². The van der Waals surface area contributed by atoms with E-state index in [9.17, 15) is 14.0 Å². The van der Waals surface area contributed by atoms with E-state index in [1.807, 2.05) is 0 Å². The lowest BCUT2D eigenvalue weighted by molar-refractivity contribution is -0.140. The number of carboxylic acid groups (broad SMARTS) is 1. The minimum atomic E-state index is -1.13. The first-order valence-electron chi connectivity index (χ1n) is 5.56. The molecule has 0 saturated carbocycles. The molecule has 1 atom stereocenters. The van der Waals surface area contributed by atoms with Gasteiger partial charge in [-0.05, 0) is 24.1 Å². The Morgan fingerprint density at radius 3 is 2.47 bits per heavy atom. The van der Waals surface area contributed by atoms with Gasteiger partial charge in [0.2, 0.25) is 0 Å². The van der Waals surface area contributed by atoms with Crippen LogP contribution in [0.5, 0.6) is 0 Å². The van der Waals surface area contributed by atoms with E-state index in [1.54, 1.807) is 13.8 Å². The molecule has 0 unspecified atom stereocenters. The maximum atomic E-state index is 12.8. The molecule has 0 aliphatic carbocycles. The van der Waals surface area contributed by atoms with Gasteiger partial charge in [0.15, 0.2) is 0 Å². The van der Waals surface area contributed by atoms with Gasteiger partial charge in [0.05, 0.1) is 10.7 Å². The van der Waals surface area contributed by atoms with Crippen LogP contribution in [0.25, 0.3) is 0 Å². The van der Waals surface area contributed by atoms with E-state index in [0.717, 1.165) is 12.1 Å². The third-order valence-corrected chi connectivity index (χ3v) is 2.71. The molecule has 0 radical (unpaired) electrons. The lowest BCUT2D eigenvalue weighted by Gasteiger charge is -2.18. The summed E-state index contributed by atoms with van der Waals surface area (Å²) in [5, 5.41) is 13.6. The monoisotopic (exact) mass is 288 g/mol. The molecule has 0 spiro atoms. The number of amides is 2. The number of benzene rings is 1. The average molecular weight is 289 g/mol. The molecule has 1 rings (SSSR count). The molecule has 104 valence electrons. The molecule has 5 nitrogen and oxygen atoms in total. The standard InChI is InChI=1S/C12H14ClFN2O3/c1-6(2)10(11(17)18)16-12(19)15-9-4-3-7(14)5-8(9)13/h3-6,10H,1-2H3,(H,17,18)(H2,15,16,19)/t10-/m0/s1. The second kappa shape index (κ2) is 6.38. The molecule has 7 heteroatoms. The fourth-order valence-electron chi connectivity index (χ4n) is 1.40. The molecular formula is C12H14ClFN2O3. The first kappa shape index (κ1) is 15.2. The van der Waals surface area contributed by atoms with Crippen molar-refractivity contribution in [3.63, 3.8) is 0 Å². The first-order valence-corrected chi connectivity index (χ1v) is 5.94. The van der Waals surface area contributed by atoms with Crippen molar-refractivity contribution in [3.8, 4) is 0 Å². The van der Waals surface area contributed by atoms with Gasteiger partial charge in [-0.1, -0.05) is 25.4 Å². The highest BCUT2D eigenvalue weighted by molar-refractivity contribution is 6.33.